The van der Waals surface area contributed by atoms with E-state index in [-0.39, 0.29) is 17.3 Å². The number of nitrogens with one attached hydrogen (secondary N) is 1. The van der Waals surface area contributed by atoms with Crippen LogP contribution in [0.15, 0.2) is 12.1 Å². The van der Waals surface area contributed by atoms with Gasteiger partial charge in [-0.2, -0.15) is 0 Å². The van der Waals surface area contributed by atoms with Crippen LogP contribution in [0.4, 0.5) is 15.8 Å². The second kappa shape index (κ2) is 3.30. The number of carbonyl (C=O) groups excluding carboxylic acids is 1. The minimum atomic E-state index is -0.716. The van der Waals surface area contributed by atoms with Gasteiger partial charge < -0.3 is 16.2 Å². The molecule has 0 unspecified atom stereocenters. The standard InChI is InChI=1S/C8H9FN2O2/c1-4(12)11-6-3-2-5(9)7(10)8(6)13/h2-3,13H,10H2,1H3,(H,11,12). The van der Waals surface area contributed by atoms with Gasteiger partial charge in [-0.3, -0.25) is 4.79 Å². The van der Waals surface area contributed by atoms with Gasteiger partial charge in [-0.25, -0.2) is 4.39 Å². The number of hydrogen-bond donors (Lipinski definition) is 3. The van der Waals surface area contributed by atoms with Gasteiger partial charge in [0, 0.05) is 6.92 Å². The number of aromatic hydroxyl groups is 1. The van der Waals surface area contributed by atoms with Crippen molar-refractivity contribution >= 4 is 17.3 Å². The summed E-state index contributed by atoms with van der Waals surface area (Å²) >= 11 is 0. The van der Waals surface area contributed by atoms with Crippen LogP contribution >= 0.6 is 0 Å². The summed E-state index contributed by atoms with van der Waals surface area (Å²) in [6.07, 6.45) is 0. The maximum atomic E-state index is 12.7. The molecule has 4 nitrogen and oxygen atoms in total. The van der Waals surface area contributed by atoms with Crippen LogP contribution in [-0.2, 0) is 4.79 Å². The molecule has 13 heavy (non-hydrogen) atoms. The fourth-order valence-electron chi connectivity index (χ4n) is 0.874. The van der Waals surface area contributed by atoms with E-state index < -0.39 is 11.6 Å². The van der Waals surface area contributed by atoms with E-state index in [4.69, 9.17) is 5.73 Å². The van der Waals surface area contributed by atoms with E-state index in [1.165, 1.54) is 13.0 Å². The van der Waals surface area contributed by atoms with Crippen molar-refractivity contribution in [1.29, 1.82) is 0 Å². The van der Waals surface area contributed by atoms with Crippen molar-refractivity contribution in [3.05, 3.63) is 17.9 Å². The molecule has 0 radical (unpaired) electrons. The zero-order chi connectivity index (χ0) is 10.0. The number of anilines is 2. The first-order chi connectivity index (χ1) is 6.02. The van der Waals surface area contributed by atoms with Gasteiger partial charge in [-0.15, -0.1) is 0 Å². The highest BCUT2D eigenvalue weighted by Crippen LogP contribution is 2.31. The Labute approximate surface area is 74.2 Å². The van der Waals surface area contributed by atoms with Crippen molar-refractivity contribution in [3.8, 4) is 5.75 Å². The highest BCUT2D eigenvalue weighted by molar-refractivity contribution is 5.91. The lowest BCUT2D eigenvalue weighted by atomic mass is 10.2. The molecular formula is C8H9FN2O2. The average Bonchev–Trinajstić information content (AvgIpc) is 2.06. The van der Waals surface area contributed by atoms with Crippen molar-refractivity contribution in [3.63, 3.8) is 0 Å². The van der Waals surface area contributed by atoms with E-state index in [1.54, 1.807) is 0 Å². The van der Waals surface area contributed by atoms with Gasteiger partial charge in [0.1, 0.15) is 11.5 Å². The number of phenols is 1. The molecule has 0 bridgehead atoms. The molecule has 0 aromatic heterocycles. The largest absolute Gasteiger partial charge is 0.504 e. The summed E-state index contributed by atoms with van der Waals surface area (Å²) in [6.45, 7) is 1.28. The van der Waals surface area contributed by atoms with Gasteiger partial charge in [-0.1, -0.05) is 0 Å². The number of benzene rings is 1. The SMILES string of the molecule is CC(=O)Nc1ccc(F)c(N)c1O. The molecule has 4 N–H and O–H groups in total. The number of nitrogens with two attached hydrogens (primary N) is 1. The van der Waals surface area contributed by atoms with Gasteiger partial charge in [-0.05, 0) is 12.1 Å². The first-order valence-electron chi connectivity index (χ1n) is 3.57. The highest BCUT2D eigenvalue weighted by Gasteiger charge is 2.09. The Morgan fingerprint density at radius 3 is 2.77 bits per heavy atom. The van der Waals surface area contributed by atoms with Crippen LogP contribution in [0.25, 0.3) is 0 Å². The molecule has 0 aliphatic rings. The minimum absolute atomic E-state index is 0.103. The first kappa shape index (κ1) is 9.31. The minimum Gasteiger partial charge on any atom is -0.504 e. The number of nitrogen functional groups attached to an aromatic ring is 1. The van der Waals surface area contributed by atoms with E-state index in [9.17, 15) is 14.3 Å². The Morgan fingerprint density at radius 1 is 1.62 bits per heavy atom. The topological polar surface area (TPSA) is 75.4 Å². The van der Waals surface area contributed by atoms with Gasteiger partial charge in [0.25, 0.3) is 0 Å². The molecule has 0 aliphatic carbocycles. The molecule has 0 saturated heterocycles. The smallest absolute Gasteiger partial charge is 0.221 e. The Kier molecular flexibility index (Phi) is 2.36. The fraction of sp³-hybridized carbons (Fsp3) is 0.125. The second-order valence-corrected chi connectivity index (χ2v) is 2.54. The Balaban J connectivity index is 3.10. The molecule has 1 amide bonds. The highest BCUT2D eigenvalue weighted by atomic mass is 19.1. The molecule has 0 atom stereocenters. The predicted octanol–water partition coefficient (Wildman–Crippen LogP) is 1.07. The molecule has 5 heteroatoms. The Morgan fingerprint density at radius 2 is 2.23 bits per heavy atom. The molecule has 1 aromatic rings. The van der Waals surface area contributed by atoms with E-state index in [1.807, 2.05) is 0 Å². The molecule has 0 saturated carbocycles. The van der Waals surface area contributed by atoms with Crippen molar-refractivity contribution in [1.82, 2.24) is 0 Å². The third-order valence-electron chi connectivity index (χ3n) is 1.47. The summed E-state index contributed by atoms with van der Waals surface area (Å²) in [4.78, 5) is 10.6. The van der Waals surface area contributed by atoms with Gasteiger partial charge in [0.2, 0.25) is 5.91 Å². The summed E-state index contributed by atoms with van der Waals surface area (Å²) in [5.74, 6) is -1.52. The lowest BCUT2D eigenvalue weighted by Crippen LogP contribution is -2.07. The van der Waals surface area contributed by atoms with E-state index in [0.29, 0.717) is 0 Å². The molecule has 70 valence electrons. The summed E-state index contributed by atoms with van der Waals surface area (Å²) < 4.78 is 12.7. The van der Waals surface area contributed by atoms with Crippen LogP contribution in [0.5, 0.6) is 5.75 Å². The van der Waals surface area contributed by atoms with Crippen LogP contribution in [0.2, 0.25) is 0 Å². The Hall–Kier alpha value is -1.78. The lowest BCUT2D eigenvalue weighted by molar-refractivity contribution is -0.114. The maximum absolute atomic E-state index is 12.7. The number of rotatable bonds is 1. The van der Waals surface area contributed by atoms with Crippen molar-refractivity contribution < 1.29 is 14.3 Å². The van der Waals surface area contributed by atoms with E-state index >= 15 is 0 Å². The summed E-state index contributed by atoms with van der Waals surface area (Å²) in [6, 6.07) is 2.31. The van der Waals surface area contributed by atoms with Crippen LogP contribution in [0.1, 0.15) is 6.92 Å². The van der Waals surface area contributed by atoms with Crippen LogP contribution in [-0.4, -0.2) is 11.0 Å². The Bertz CT molecular complexity index is 352. The fourth-order valence-corrected chi connectivity index (χ4v) is 0.874. The third-order valence-corrected chi connectivity index (χ3v) is 1.47. The summed E-state index contributed by atoms with van der Waals surface area (Å²) in [5, 5.41) is 11.6. The van der Waals surface area contributed by atoms with Gasteiger partial charge in [0.15, 0.2) is 5.75 Å². The normalized spacial score (nSPS) is 9.69. The maximum Gasteiger partial charge on any atom is 0.221 e. The van der Waals surface area contributed by atoms with Crippen molar-refractivity contribution in [2.24, 2.45) is 0 Å². The van der Waals surface area contributed by atoms with Crippen LogP contribution < -0.4 is 11.1 Å². The molecule has 0 heterocycles. The van der Waals surface area contributed by atoms with Crippen LogP contribution in [0, 0.1) is 5.82 Å². The number of hydrogen-bond acceptors (Lipinski definition) is 3. The number of phenolic OH excluding ortho intramolecular Hbond substituents is 1. The number of carbonyl (C=O) groups is 1. The molecule has 0 spiro atoms. The summed E-state index contributed by atoms with van der Waals surface area (Å²) in [7, 11) is 0. The molecule has 1 rings (SSSR count). The average molecular weight is 184 g/mol. The van der Waals surface area contributed by atoms with Gasteiger partial charge >= 0.3 is 0 Å². The quantitative estimate of drug-likeness (QED) is 0.451. The van der Waals surface area contributed by atoms with Crippen molar-refractivity contribution in [2.45, 2.75) is 6.92 Å². The molecule has 1 aromatic carbocycles. The summed E-state index contributed by atoms with van der Waals surface area (Å²) in [5.41, 5.74) is 4.92. The molecular weight excluding hydrogens is 175 g/mol. The molecule has 0 fully saturated rings. The third kappa shape index (κ3) is 1.87. The second-order valence-electron chi connectivity index (χ2n) is 2.54. The van der Waals surface area contributed by atoms with Crippen molar-refractivity contribution in [2.75, 3.05) is 11.1 Å². The zero-order valence-corrected chi connectivity index (χ0v) is 6.97. The zero-order valence-electron chi connectivity index (χ0n) is 6.97. The van der Waals surface area contributed by atoms with E-state index in [2.05, 4.69) is 5.32 Å². The molecule has 0 aliphatic heterocycles. The number of amides is 1. The predicted molar refractivity (Wildman–Crippen MR) is 46.8 cm³/mol. The van der Waals surface area contributed by atoms with E-state index in [0.717, 1.165) is 6.07 Å². The lowest BCUT2D eigenvalue weighted by Gasteiger charge is -2.07. The monoisotopic (exact) mass is 184 g/mol. The number of halogens is 1. The first-order valence-corrected chi connectivity index (χ1v) is 3.57. The van der Waals surface area contributed by atoms with Crippen LogP contribution in [0.3, 0.4) is 0 Å². The van der Waals surface area contributed by atoms with Gasteiger partial charge in [0.05, 0.1) is 5.69 Å².